The van der Waals surface area contributed by atoms with E-state index in [4.69, 9.17) is 10.5 Å². The van der Waals surface area contributed by atoms with E-state index in [0.29, 0.717) is 6.42 Å². The molecule has 1 fully saturated rings. The molecule has 0 aliphatic carbocycles. The SMILES string of the molecule is CC[C@@]1(C)OC(=O)N(CCC(N)=O)[C@]1(C)O. The van der Waals surface area contributed by atoms with Crippen LogP contribution in [0, 0.1) is 0 Å². The van der Waals surface area contributed by atoms with Crippen molar-refractivity contribution >= 4 is 12.0 Å². The average Bonchev–Trinajstić information content (AvgIpc) is 2.32. The topological polar surface area (TPSA) is 92.9 Å². The van der Waals surface area contributed by atoms with E-state index in [2.05, 4.69) is 0 Å². The number of nitrogens with zero attached hydrogens (tertiary/aromatic N) is 1. The number of ether oxygens (including phenoxy) is 1. The summed E-state index contributed by atoms with van der Waals surface area (Å²) in [6.45, 7) is 5.05. The zero-order chi connectivity index (χ0) is 12.6. The number of rotatable bonds is 4. The molecule has 1 aliphatic heterocycles. The monoisotopic (exact) mass is 230 g/mol. The van der Waals surface area contributed by atoms with E-state index in [1.165, 1.54) is 6.92 Å². The molecule has 1 aliphatic rings. The van der Waals surface area contributed by atoms with E-state index < -0.39 is 23.3 Å². The molecule has 0 aromatic heterocycles. The smallest absolute Gasteiger partial charge is 0.412 e. The van der Waals surface area contributed by atoms with Gasteiger partial charge in [-0.15, -0.1) is 0 Å². The molecular weight excluding hydrogens is 212 g/mol. The molecule has 0 saturated carbocycles. The van der Waals surface area contributed by atoms with Gasteiger partial charge < -0.3 is 15.6 Å². The maximum Gasteiger partial charge on any atom is 0.412 e. The maximum atomic E-state index is 11.6. The second-order valence-corrected chi connectivity index (χ2v) is 4.34. The molecule has 1 saturated heterocycles. The Balaban J connectivity index is 2.86. The lowest BCUT2D eigenvalue weighted by Crippen LogP contribution is -2.55. The Morgan fingerprint density at radius 2 is 2.12 bits per heavy atom. The standard InChI is InChI=1S/C10H18N2O4/c1-4-9(2)10(3,15)12(8(14)16-9)6-5-7(11)13/h15H,4-6H2,1-3H3,(H2,11,13)/t9-,10-/m1/s1. The van der Waals surface area contributed by atoms with Crippen LogP contribution >= 0.6 is 0 Å². The van der Waals surface area contributed by atoms with Gasteiger partial charge in [-0.1, -0.05) is 6.92 Å². The van der Waals surface area contributed by atoms with E-state index in [0.717, 1.165) is 4.90 Å². The van der Waals surface area contributed by atoms with Gasteiger partial charge in [0.05, 0.1) is 0 Å². The summed E-state index contributed by atoms with van der Waals surface area (Å²) in [5, 5.41) is 10.3. The largest absolute Gasteiger partial charge is 0.438 e. The van der Waals surface area contributed by atoms with Gasteiger partial charge >= 0.3 is 6.09 Å². The van der Waals surface area contributed by atoms with Crippen molar-refractivity contribution in [3.63, 3.8) is 0 Å². The highest BCUT2D eigenvalue weighted by Gasteiger charge is 2.58. The molecule has 16 heavy (non-hydrogen) atoms. The average molecular weight is 230 g/mol. The van der Waals surface area contributed by atoms with Crippen molar-refractivity contribution in [3.05, 3.63) is 0 Å². The fourth-order valence-corrected chi connectivity index (χ4v) is 1.75. The van der Waals surface area contributed by atoms with Gasteiger partial charge in [0.15, 0.2) is 11.3 Å². The van der Waals surface area contributed by atoms with Gasteiger partial charge in [0, 0.05) is 13.0 Å². The molecule has 0 bridgehead atoms. The van der Waals surface area contributed by atoms with Crippen molar-refractivity contribution in [1.29, 1.82) is 0 Å². The number of nitrogens with two attached hydrogens (primary N) is 1. The second-order valence-electron chi connectivity index (χ2n) is 4.34. The summed E-state index contributed by atoms with van der Waals surface area (Å²) in [6.07, 6.45) is -0.125. The number of primary amides is 1. The van der Waals surface area contributed by atoms with Crippen LogP contribution in [0.15, 0.2) is 0 Å². The minimum atomic E-state index is -1.42. The highest BCUT2D eigenvalue weighted by molar-refractivity contribution is 5.76. The summed E-state index contributed by atoms with van der Waals surface area (Å²) in [5.74, 6) is -0.520. The minimum Gasteiger partial charge on any atom is -0.438 e. The van der Waals surface area contributed by atoms with E-state index in [1.54, 1.807) is 6.92 Å². The molecule has 0 spiro atoms. The first-order valence-electron chi connectivity index (χ1n) is 5.26. The normalized spacial score (nSPS) is 34.0. The molecule has 6 nitrogen and oxygen atoms in total. The molecule has 0 radical (unpaired) electrons. The third-order valence-electron chi connectivity index (χ3n) is 3.32. The van der Waals surface area contributed by atoms with E-state index in [1.807, 2.05) is 6.92 Å². The third kappa shape index (κ3) is 1.84. The molecule has 2 atom stereocenters. The lowest BCUT2D eigenvalue weighted by molar-refractivity contribution is -0.139. The van der Waals surface area contributed by atoms with Gasteiger partial charge in [-0.25, -0.2) is 4.79 Å². The zero-order valence-electron chi connectivity index (χ0n) is 9.82. The molecule has 0 unspecified atom stereocenters. The first-order chi connectivity index (χ1) is 7.24. The van der Waals surface area contributed by atoms with Crippen molar-refractivity contribution in [2.45, 2.75) is 44.9 Å². The lowest BCUT2D eigenvalue weighted by Gasteiger charge is -2.36. The Morgan fingerprint density at radius 3 is 2.50 bits per heavy atom. The Morgan fingerprint density at radius 1 is 1.56 bits per heavy atom. The molecule has 1 rings (SSSR count). The summed E-state index contributed by atoms with van der Waals surface area (Å²) >= 11 is 0. The van der Waals surface area contributed by atoms with Crippen LogP contribution in [0.5, 0.6) is 0 Å². The van der Waals surface area contributed by atoms with Gasteiger partial charge in [0.25, 0.3) is 0 Å². The van der Waals surface area contributed by atoms with Crippen molar-refractivity contribution in [1.82, 2.24) is 4.90 Å². The summed E-state index contributed by atoms with van der Waals surface area (Å²) in [7, 11) is 0. The number of carbonyl (C=O) groups excluding carboxylic acids is 2. The molecule has 1 heterocycles. The predicted octanol–water partition coefficient (Wildman–Crippen LogP) is 0.191. The van der Waals surface area contributed by atoms with Crippen molar-refractivity contribution in [2.24, 2.45) is 5.73 Å². The third-order valence-corrected chi connectivity index (χ3v) is 3.32. The number of cyclic esters (lactones) is 1. The molecule has 3 N–H and O–H groups in total. The van der Waals surface area contributed by atoms with Crippen LogP contribution in [0.2, 0.25) is 0 Å². The van der Waals surface area contributed by atoms with Crippen molar-refractivity contribution < 1.29 is 19.4 Å². The number of hydrogen-bond donors (Lipinski definition) is 2. The van der Waals surface area contributed by atoms with Gasteiger partial charge in [-0.05, 0) is 20.3 Å². The summed E-state index contributed by atoms with van der Waals surface area (Å²) < 4.78 is 5.14. The minimum absolute atomic E-state index is 0.00500. The molecule has 2 amide bonds. The number of carbonyl (C=O) groups is 2. The summed E-state index contributed by atoms with van der Waals surface area (Å²) in [5.41, 5.74) is 2.63. The molecule has 0 aromatic rings. The maximum absolute atomic E-state index is 11.6. The second kappa shape index (κ2) is 3.93. The molecule has 6 heteroatoms. The van der Waals surface area contributed by atoms with Gasteiger partial charge in [-0.3, -0.25) is 9.69 Å². The Bertz CT molecular complexity index is 316. The Hall–Kier alpha value is -1.30. The Kier molecular flexibility index (Phi) is 3.14. The van der Waals surface area contributed by atoms with Crippen LogP contribution in [0.1, 0.15) is 33.6 Å². The van der Waals surface area contributed by atoms with Crippen LogP contribution in [0.3, 0.4) is 0 Å². The quantitative estimate of drug-likeness (QED) is 0.721. The predicted molar refractivity (Wildman–Crippen MR) is 56.3 cm³/mol. The van der Waals surface area contributed by atoms with Crippen LogP contribution in [0.4, 0.5) is 4.79 Å². The van der Waals surface area contributed by atoms with E-state index >= 15 is 0 Å². The van der Waals surface area contributed by atoms with Crippen LogP contribution < -0.4 is 5.73 Å². The van der Waals surface area contributed by atoms with Crippen LogP contribution in [-0.2, 0) is 9.53 Å². The molecular formula is C10H18N2O4. The van der Waals surface area contributed by atoms with E-state index in [9.17, 15) is 14.7 Å². The fraction of sp³-hybridized carbons (Fsp3) is 0.800. The molecule has 92 valence electrons. The highest BCUT2D eigenvalue weighted by atomic mass is 16.6. The van der Waals surface area contributed by atoms with Crippen LogP contribution in [0.25, 0.3) is 0 Å². The number of amides is 2. The fourth-order valence-electron chi connectivity index (χ4n) is 1.75. The first kappa shape index (κ1) is 12.8. The van der Waals surface area contributed by atoms with E-state index in [-0.39, 0.29) is 13.0 Å². The lowest BCUT2D eigenvalue weighted by atomic mass is 9.91. The Labute approximate surface area is 94.3 Å². The van der Waals surface area contributed by atoms with Gasteiger partial charge in [0.1, 0.15) is 0 Å². The van der Waals surface area contributed by atoms with Crippen molar-refractivity contribution in [3.8, 4) is 0 Å². The summed E-state index contributed by atoms with van der Waals surface area (Å²) in [6, 6.07) is 0. The first-order valence-corrected chi connectivity index (χ1v) is 5.26. The van der Waals surface area contributed by atoms with Gasteiger partial charge in [-0.2, -0.15) is 0 Å². The summed E-state index contributed by atoms with van der Waals surface area (Å²) in [4.78, 5) is 23.4. The van der Waals surface area contributed by atoms with Crippen LogP contribution in [-0.4, -0.2) is 39.9 Å². The highest BCUT2D eigenvalue weighted by Crippen LogP contribution is 2.39. The molecule has 0 aromatic carbocycles. The van der Waals surface area contributed by atoms with Gasteiger partial charge in [0.2, 0.25) is 5.91 Å². The number of aliphatic hydroxyl groups is 1. The van der Waals surface area contributed by atoms with Crippen molar-refractivity contribution in [2.75, 3.05) is 6.54 Å². The zero-order valence-corrected chi connectivity index (χ0v) is 9.82. The number of hydrogen-bond acceptors (Lipinski definition) is 4.